The molecule has 0 aromatic carbocycles. The van der Waals surface area contributed by atoms with Gasteiger partial charge in [0, 0.05) is 22.5 Å². The molecule has 24 heavy (non-hydrogen) atoms. The molecule has 0 spiro atoms. The lowest BCUT2D eigenvalue weighted by Crippen LogP contribution is -2.46. The lowest BCUT2D eigenvalue weighted by Gasteiger charge is -2.29. The van der Waals surface area contributed by atoms with Crippen LogP contribution in [-0.2, 0) is 9.59 Å². The number of aromatic nitrogens is 1. The van der Waals surface area contributed by atoms with Crippen molar-refractivity contribution in [2.24, 2.45) is 0 Å². The summed E-state index contributed by atoms with van der Waals surface area (Å²) in [5, 5.41) is 1.53. The fourth-order valence-corrected chi connectivity index (χ4v) is 4.79. The number of pyridine rings is 1. The largest absolute Gasteiger partial charge is 0.295 e. The summed E-state index contributed by atoms with van der Waals surface area (Å²) in [4.78, 5) is 22.9. The zero-order chi connectivity index (χ0) is 17.0. The van der Waals surface area contributed by atoms with Crippen LogP contribution in [0.5, 0.6) is 0 Å². The van der Waals surface area contributed by atoms with Gasteiger partial charge in [-0.1, -0.05) is 31.4 Å². The van der Waals surface area contributed by atoms with E-state index in [9.17, 15) is 0 Å². The second-order valence-corrected chi connectivity index (χ2v) is 8.15. The van der Waals surface area contributed by atoms with Gasteiger partial charge in [0.1, 0.15) is 0 Å². The number of hydrogen-bond donors (Lipinski definition) is 2. The van der Waals surface area contributed by atoms with Crippen molar-refractivity contribution in [1.82, 2.24) is 15.8 Å². The average molecular weight is 366 g/mol. The van der Waals surface area contributed by atoms with Crippen LogP contribution < -0.4 is 10.9 Å². The van der Waals surface area contributed by atoms with Crippen LogP contribution in [0.2, 0.25) is 0 Å². The van der Waals surface area contributed by atoms with Gasteiger partial charge in [0.25, 0.3) is 0 Å². The number of rotatable bonds is 5. The Balaban J connectivity index is 0.000000471. The predicted octanol–water partition coefficient (Wildman–Crippen LogP) is 2.94. The summed E-state index contributed by atoms with van der Waals surface area (Å²) >= 11 is 3.87. The van der Waals surface area contributed by atoms with E-state index in [1.165, 1.54) is 37.0 Å². The third-order valence-corrected chi connectivity index (χ3v) is 6.19. The Bertz CT molecular complexity index is 516. The Morgan fingerprint density at radius 2 is 1.58 bits per heavy atom. The third kappa shape index (κ3) is 7.17. The number of hydrazine groups is 1. The molecular formula is C17H23N3O2S2. The van der Waals surface area contributed by atoms with Crippen molar-refractivity contribution in [2.45, 2.75) is 53.0 Å². The fourth-order valence-electron chi connectivity index (χ4n) is 2.58. The van der Waals surface area contributed by atoms with Crippen LogP contribution in [0.25, 0.3) is 0 Å². The Kier molecular flexibility index (Phi) is 9.12. The number of nitrogens with zero attached hydrogens (tertiary/aromatic N) is 1. The second-order valence-electron chi connectivity index (χ2n) is 5.48. The maximum atomic E-state index is 8.81. The molecule has 7 heteroatoms. The number of nitrogens with one attached hydrogen (secondary N) is 2. The summed E-state index contributed by atoms with van der Waals surface area (Å²) in [6.07, 6.45) is 15.6. The summed E-state index contributed by atoms with van der Waals surface area (Å²) in [5.41, 5.74) is 6.82. The van der Waals surface area contributed by atoms with E-state index in [0.29, 0.717) is 10.7 Å². The summed E-state index contributed by atoms with van der Waals surface area (Å²) < 4.78 is 0. The number of hydrogen-bond acceptors (Lipinski definition) is 7. The van der Waals surface area contributed by atoms with E-state index in [-0.39, 0.29) is 12.6 Å². The van der Waals surface area contributed by atoms with Gasteiger partial charge >= 0.3 is 0 Å². The van der Waals surface area contributed by atoms with Crippen molar-refractivity contribution in [3.63, 3.8) is 0 Å². The molecular weight excluding hydrogens is 342 g/mol. The molecule has 2 atom stereocenters. The van der Waals surface area contributed by atoms with E-state index in [0.717, 1.165) is 5.25 Å². The van der Waals surface area contributed by atoms with E-state index >= 15 is 0 Å². The molecule has 2 aliphatic rings. The number of thioether (sulfide) groups is 2. The Labute approximate surface area is 151 Å². The minimum atomic E-state index is 0.194. The minimum absolute atomic E-state index is 0.194. The van der Waals surface area contributed by atoms with Crippen LogP contribution in [0.3, 0.4) is 0 Å². The molecule has 2 N–H and O–H groups in total. The van der Waals surface area contributed by atoms with Crippen LogP contribution >= 0.6 is 23.5 Å². The summed E-state index contributed by atoms with van der Waals surface area (Å²) in [5.74, 6) is 0. The first-order valence-corrected chi connectivity index (χ1v) is 9.94. The Morgan fingerprint density at radius 1 is 0.958 bits per heavy atom. The van der Waals surface area contributed by atoms with Crippen LogP contribution in [0.1, 0.15) is 32.1 Å². The van der Waals surface area contributed by atoms with Gasteiger partial charge in [-0.05, 0) is 25.0 Å². The van der Waals surface area contributed by atoms with E-state index in [1.807, 2.05) is 24.5 Å². The molecule has 1 aromatic rings. The number of carbonyl (C=O) groups excluding carboxylic acids is 2. The lowest BCUT2D eigenvalue weighted by molar-refractivity contribution is -0.122. The maximum absolute atomic E-state index is 8.81. The number of aldehydes is 2. The molecule has 1 aliphatic carbocycles. The Morgan fingerprint density at radius 3 is 2.17 bits per heavy atom. The van der Waals surface area contributed by atoms with Crippen molar-refractivity contribution in [3.05, 3.63) is 36.7 Å². The lowest BCUT2D eigenvalue weighted by atomic mass is 10.0. The molecule has 2 unspecified atom stereocenters. The Hall–Kier alpha value is -1.15. The first kappa shape index (κ1) is 19.2. The van der Waals surface area contributed by atoms with Gasteiger partial charge in [0.05, 0.1) is 10.7 Å². The van der Waals surface area contributed by atoms with Crippen LogP contribution in [0, 0.1) is 0 Å². The molecule has 5 nitrogen and oxygen atoms in total. The predicted molar refractivity (Wildman–Crippen MR) is 99.7 cm³/mol. The summed E-state index contributed by atoms with van der Waals surface area (Å²) in [6, 6.07) is 4.09. The normalized spacial score (nSPS) is 23.8. The van der Waals surface area contributed by atoms with Gasteiger partial charge in [-0.15, -0.1) is 23.5 Å². The van der Waals surface area contributed by atoms with Crippen molar-refractivity contribution in [2.75, 3.05) is 0 Å². The van der Waals surface area contributed by atoms with Crippen LogP contribution in [0.15, 0.2) is 41.6 Å². The standard InChI is InChI=1S/C15H21N3S2.C2H2O2/c1-2-4-12(5-3-1)19-14-6-7-15(18-17-14)20-13-8-10-16-11-9-13;3-1-2-4/h6-12,14-15,17-18H,1-5H2;1-2H. The smallest absolute Gasteiger partial charge is 0.182 e. The molecule has 1 fully saturated rings. The van der Waals surface area contributed by atoms with Gasteiger partial charge in [0.2, 0.25) is 0 Å². The molecule has 1 aliphatic heterocycles. The monoisotopic (exact) mass is 365 g/mol. The molecule has 2 heterocycles. The third-order valence-electron chi connectivity index (χ3n) is 3.69. The zero-order valence-electron chi connectivity index (χ0n) is 13.5. The van der Waals surface area contributed by atoms with Crippen LogP contribution in [0.4, 0.5) is 0 Å². The van der Waals surface area contributed by atoms with Gasteiger partial charge in [-0.2, -0.15) is 0 Å². The molecule has 3 rings (SSSR count). The maximum Gasteiger partial charge on any atom is 0.182 e. The van der Waals surface area contributed by atoms with Crippen molar-refractivity contribution < 1.29 is 9.59 Å². The first-order valence-electron chi connectivity index (χ1n) is 8.12. The SMILES string of the molecule is C1=CC(SC2CCCCC2)NNC1Sc1ccncc1.O=CC=O. The van der Waals surface area contributed by atoms with Gasteiger partial charge in [-0.25, -0.2) is 10.9 Å². The quantitative estimate of drug-likeness (QED) is 0.472. The summed E-state index contributed by atoms with van der Waals surface area (Å²) in [6.45, 7) is 0. The first-order chi connectivity index (χ1) is 11.8. The molecule has 0 saturated heterocycles. The van der Waals surface area contributed by atoms with E-state index < -0.39 is 0 Å². The topological polar surface area (TPSA) is 71.1 Å². The zero-order valence-corrected chi connectivity index (χ0v) is 15.1. The second kappa shape index (κ2) is 11.4. The van der Waals surface area contributed by atoms with Crippen molar-refractivity contribution >= 4 is 36.1 Å². The average Bonchev–Trinajstić information content (AvgIpc) is 2.65. The van der Waals surface area contributed by atoms with Crippen molar-refractivity contribution in [3.8, 4) is 0 Å². The molecule has 1 saturated carbocycles. The van der Waals surface area contributed by atoms with Gasteiger partial charge in [0.15, 0.2) is 12.6 Å². The highest BCUT2D eigenvalue weighted by atomic mass is 32.2. The highest BCUT2D eigenvalue weighted by Crippen LogP contribution is 2.32. The molecule has 0 bridgehead atoms. The fraction of sp³-hybridized carbons (Fsp3) is 0.471. The van der Waals surface area contributed by atoms with Crippen LogP contribution in [-0.4, -0.2) is 33.6 Å². The molecule has 1 aromatic heterocycles. The van der Waals surface area contributed by atoms with Gasteiger partial charge in [-0.3, -0.25) is 14.6 Å². The van der Waals surface area contributed by atoms with E-state index in [4.69, 9.17) is 9.59 Å². The van der Waals surface area contributed by atoms with Gasteiger partial charge < -0.3 is 0 Å². The summed E-state index contributed by atoms with van der Waals surface area (Å²) in [7, 11) is 0. The molecule has 0 radical (unpaired) electrons. The van der Waals surface area contributed by atoms with E-state index in [2.05, 4.69) is 39.7 Å². The molecule has 130 valence electrons. The minimum Gasteiger partial charge on any atom is -0.295 e. The van der Waals surface area contributed by atoms with Crippen molar-refractivity contribution in [1.29, 1.82) is 0 Å². The highest BCUT2D eigenvalue weighted by molar-refractivity contribution is 8.00. The highest BCUT2D eigenvalue weighted by Gasteiger charge is 2.21. The number of carbonyl (C=O) groups is 2. The molecule has 0 amide bonds. The van der Waals surface area contributed by atoms with E-state index in [1.54, 1.807) is 11.8 Å².